The number of hydrogen-bond acceptors (Lipinski definition) is 2. The van der Waals surface area contributed by atoms with Crippen LogP contribution >= 0.6 is 23.2 Å². The Bertz CT molecular complexity index is 382. The number of halogens is 2. The van der Waals surface area contributed by atoms with E-state index in [9.17, 15) is 0 Å². The summed E-state index contributed by atoms with van der Waals surface area (Å²) in [5.41, 5.74) is 0.937. The quantitative estimate of drug-likeness (QED) is 0.902. The van der Waals surface area contributed by atoms with Crippen LogP contribution < -0.4 is 5.32 Å². The highest BCUT2D eigenvalue weighted by Crippen LogP contribution is 2.30. The summed E-state index contributed by atoms with van der Waals surface area (Å²) in [7, 11) is 2.18. The molecule has 0 radical (unpaired) electrons. The zero-order valence-electron chi connectivity index (χ0n) is 10.0. The molecule has 17 heavy (non-hydrogen) atoms. The summed E-state index contributed by atoms with van der Waals surface area (Å²) < 4.78 is 0. The van der Waals surface area contributed by atoms with Crippen LogP contribution in [0.3, 0.4) is 0 Å². The molecular formula is C13H18Cl2N2. The normalized spacial score (nSPS) is 21.5. The fourth-order valence-electron chi connectivity index (χ4n) is 2.33. The maximum atomic E-state index is 6.13. The Labute approximate surface area is 113 Å². The Kier molecular flexibility index (Phi) is 4.55. The number of hydrogen-bond donors (Lipinski definition) is 1. The molecule has 1 saturated heterocycles. The van der Waals surface area contributed by atoms with Crippen molar-refractivity contribution in [3.8, 4) is 0 Å². The topological polar surface area (TPSA) is 15.3 Å². The molecule has 1 atom stereocenters. The standard InChI is InChI=1S/C13H18Cl2N2/c1-17-7-3-4-10(9-17)8-16-12-6-2-5-11(14)13(12)15/h2,5-6,10,16H,3-4,7-9H2,1H3. The smallest absolute Gasteiger partial charge is 0.0823 e. The summed E-state index contributed by atoms with van der Waals surface area (Å²) in [4.78, 5) is 2.38. The van der Waals surface area contributed by atoms with Crippen LogP contribution in [0, 0.1) is 5.92 Å². The summed E-state index contributed by atoms with van der Waals surface area (Å²) in [6, 6.07) is 5.70. The Hall–Kier alpha value is -0.440. The molecule has 1 unspecified atom stereocenters. The van der Waals surface area contributed by atoms with Crippen molar-refractivity contribution >= 4 is 28.9 Å². The van der Waals surface area contributed by atoms with E-state index in [1.54, 1.807) is 0 Å². The summed E-state index contributed by atoms with van der Waals surface area (Å²) in [6.07, 6.45) is 2.57. The van der Waals surface area contributed by atoms with Gasteiger partial charge >= 0.3 is 0 Å². The van der Waals surface area contributed by atoms with Crippen LogP contribution in [0.2, 0.25) is 10.0 Å². The molecule has 1 fully saturated rings. The number of likely N-dealkylation sites (tertiary alicyclic amines) is 1. The second-order valence-electron chi connectivity index (χ2n) is 4.75. The molecule has 1 aliphatic heterocycles. The van der Waals surface area contributed by atoms with Crippen LogP contribution in [-0.4, -0.2) is 31.6 Å². The first kappa shape index (κ1) is 13.0. The van der Waals surface area contributed by atoms with Gasteiger partial charge in [0.25, 0.3) is 0 Å². The minimum atomic E-state index is 0.609. The second kappa shape index (κ2) is 5.94. The lowest BCUT2D eigenvalue weighted by Gasteiger charge is -2.30. The molecule has 1 aromatic rings. The molecule has 0 aromatic heterocycles. The molecular weight excluding hydrogens is 255 g/mol. The molecule has 2 nitrogen and oxygen atoms in total. The molecule has 0 saturated carbocycles. The third-order valence-electron chi connectivity index (χ3n) is 3.25. The molecule has 2 rings (SSSR count). The highest BCUT2D eigenvalue weighted by Gasteiger charge is 2.17. The first-order valence-electron chi connectivity index (χ1n) is 6.03. The van der Waals surface area contributed by atoms with Gasteiger partial charge in [-0.1, -0.05) is 29.3 Å². The first-order valence-corrected chi connectivity index (χ1v) is 6.79. The zero-order chi connectivity index (χ0) is 12.3. The van der Waals surface area contributed by atoms with Gasteiger partial charge in [-0.25, -0.2) is 0 Å². The van der Waals surface area contributed by atoms with Crippen molar-refractivity contribution in [3.63, 3.8) is 0 Å². The number of piperidine rings is 1. The van der Waals surface area contributed by atoms with E-state index in [-0.39, 0.29) is 0 Å². The molecule has 1 N–H and O–H groups in total. The fraction of sp³-hybridized carbons (Fsp3) is 0.538. The van der Waals surface area contributed by atoms with Crippen molar-refractivity contribution in [2.75, 3.05) is 32.0 Å². The van der Waals surface area contributed by atoms with Gasteiger partial charge in [0.1, 0.15) is 0 Å². The van der Waals surface area contributed by atoms with Crippen molar-refractivity contribution in [1.82, 2.24) is 4.90 Å². The molecule has 4 heteroatoms. The van der Waals surface area contributed by atoms with Crippen molar-refractivity contribution < 1.29 is 0 Å². The lowest BCUT2D eigenvalue weighted by molar-refractivity contribution is 0.217. The van der Waals surface area contributed by atoms with E-state index in [0.717, 1.165) is 18.8 Å². The maximum Gasteiger partial charge on any atom is 0.0823 e. The summed E-state index contributed by atoms with van der Waals surface area (Å²) in [5, 5.41) is 4.63. The van der Waals surface area contributed by atoms with Gasteiger partial charge in [0, 0.05) is 13.1 Å². The van der Waals surface area contributed by atoms with E-state index < -0.39 is 0 Å². The van der Waals surface area contributed by atoms with Crippen LogP contribution in [0.5, 0.6) is 0 Å². The lowest BCUT2D eigenvalue weighted by Crippen LogP contribution is -2.35. The van der Waals surface area contributed by atoms with Gasteiger partial charge in [0.2, 0.25) is 0 Å². The summed E-state index contributed by atoms with van der Waals surface area (Å²) >= 11 is 12.1. The van der Waals surface area contributed by atoms with Crippen molar-refractivity contribution in [3.05, 3.63) is 28.2 Å². The molecule has 0 amide bonds. The molecule has 1 aromatic carbocycles. The molecule has 1 aliphatic rings. The number of nitrogens with zero attached hydrogens (tertiary/aromatic N) is 1. The lowest BCUT2D eigenvalue weighted by atomic mass is 9.98. The van der Waals surface area contributed by atoms with E-state index in [1.165, 1.54) is 19.4 Å². The Morgan fingerprint density at radius 3 is 3.00 bits per heavy atom. The van der Waals surface area contributed by atoms with Crippen molar-refractivity contribution in [2.24, 2.45) is 5.92 Å². The monoisotopic (exact) mass is 272 g/mol. The Morgan fingerprint density at radius 2 is 2.24 bits per heavy atom. The van der Waals surface area contributed by atoms with Crippen LogP contribution in [-0.2, 0) is 0 Å². The van der Waals surface area contributed by atoms with Crippen LogP contribution in [0.25, 0.3) is 0 Å². The summed E-state index contributed by atoms with van der Waals surface area (Å²) in [5.74, 6) is 0.698. The third kappa shape index (κ3) is 3.51. The molecule has 0 bridgehead atoms. The van der Waals surface area contributed by atoms with Gasteiger partial charge in [-0.15, -0.1) is 0 Å². The van der Waals surface area contributed by atoms with Gasteiger partial charge < -0.3 is 10.2 Å². The Morgan fingerprint density at radius 1 is 1.41 bits per heavy atom. The second-order valence-corrected chi connectivity index (χ2v) is 5.54. The molecule has 94 valence electrons. The molecule has 0 aliphatic carbocycles. The van der Waals surface area contributed by atoms with Gasteiger partial charge in [0.15, 0.2) is 0 Å². The van der Waals surface area contributed by atoms with E-state index in [4.69, 9.17) is 23.2 Å². The van der Waals surface area contributed by atoms with Crippen LogP contribution in [0.15, 0.2) is 18.2 Å². The maximum absolute atomic E-state index is 6.13. The first-order chi connectivity index (χ1) is 8.16. The highest BCUT2D eigenvalue weighted by molar-refractivity contribution is 6.43. The zero-order valence-corrected chi connectivity index (χ0v) is 11.6. The number of benzene rings is 1. The Balaban J connectivity index is 1.91. The minimum absolute atomic E-state index is 0.609. The number of nitrogens with one attached hydrogen (secondary N) is 1. The van der Waals surface area contributed by atoms with Crippen LogP contribution in [0.1, 0.15) is 12.8 Å². The third-order valence-corrected chi connectivity index (χ3v) is 4.07. The van der Waals surface area contributed by atoms with Crippen LogP contribution in [0.4, 0.5) is 5.69 Å². The SMILES string of the molecule is CN1CCCC(CNc2cccc(Cl)c2Cl)C1. The van der Waals surface area contributed by atoms with E-state index in [2.05, 4.69) is 17.3 Å². The summed E-state index contributed by atoms with van der Waals surface area (Å²) in [6.45, 7) is 3.34. The average molecular weight is 273 g/mol. The largest absolute Gasteiger partial charge is 0.383 e. The highest BCUT2D eigenvalue weighted by atomic mass is 35.5. The predicted octanol–water partition coefficient (Wildman–Crippen LogP) is 3.75. The average Bonchev–Trinajstić information content (AvgIpc) is 2.31. The fourth-order valence-corrected chi connectivity index (χ4v) is 2.70. The number of anilines is 1. The molecule has 1 heterocycles. The minimum Gasteiger partial charge on any atom is -0.383 e. The van der Waals surface area contributed by atoms with E-state index in [0.29, 0.717) is 16.0 Å². The van der Waals surface area contributed by atoms with E-state index in [1.807, 2.05) is 18.2 Å². The number of rotatable bonds is 3. The molecule has 0 spiro atoms. The van der Waals surface area contributed by atoms with Gasteiger partial charge in [-0.05, 0) is 44.5 Å². The predicted molar refractivity (Wildman–Crippen MR) is 75.2 cm³/mol. The van der Waals surface area contributed by atoms with Crippen molar-refractivity contribution in [2.45, 2.75) is 12.8 Å². The van der Waals surface area contributed by atoms with E-state index >= 15 is 0 Å². The van der Waals surface area contributed by atoms with Gasteiger partial charge in [0.05, 0.1) is 15.7 Å². The van der Waals surface area contributed by atoms with Crippen molar-refractivity contribution in [1.29, 1.82) is 0 Å². The van der Waals surface area contributed by atoms with Gasteiger partial charge in [-0.2, -0.15) is 0 Å². The van der Waals surface area contributed by atoms with Gasteiger partial charge in [-0.3, -0.25) is 0 Å².